The van der Waals surface area contributed by atoms with Gasteiger partial charge in [0.1, 0.15) is 0 Å². The Morgan fingerprint density at radius 2 is 1.82 bits per heavy atom. The van der Waals surface area contributed by atoms with Crippen LogP contribution in [-0.4, -0.2) is 23.5 Å². The molecule has 3 heteroatoms. The fourth-order valence-electron chi connectivity index (χ4n) is 2.29. The normalized spacial score (nSPS) is 24.8. The molecule has 0 unspecified atom stereocenters. The number of hydrogen-bond donors (Lipinski definition) is 2. The SMILES string of the molecule is CSc1ccc(CNC2CCC(O)CC2)cc1. The van der Waals surface area contributed by atoms with E-state index in [1.54, 1.807) is 11.8 Å². The van der Waals surface area contributed by atoms with Crippen molar-refractivity contribution in [2.45, 2.75) is 49.3 Å². The molecular formula is C14H21NOS. The first-order valence-electron chi connectivity index (χ1n) is 6.32. The van der Waals surface area contributed by atoms with Crippen LogP contribution in [0.5, 0.6) is 0 Å². The summed E-state index contributed by atoms with van der Waals surface area (Å²) in [5.41, 5.74) is 1.34. The molecular weight excluding hydrogens is 230 g/mol. The van der Waals surface area contributed by atoms with Crippen molar-refractivity contribution in [3.05, 3.63) is 29.8 Å². The predicted octanol–water partition coefficient (Wildman–Crippen LogP) is 2.80. The van der Waals surface area contributed by atoms with Crippen LogP contribution < -0.4 is 5.32 Å². The summed E-state index contributed by atoms with van der Waals surface area (Å²) in [6, 6.07) is 9.31. The lowest BCUT2D eigenvalue weighted by molar-refractivity contribution is 0.116. The van der Waals surface area contributed by atoms with E-state index in [-0.39, 0.29) is 6.10 Å². The summed E-state index contributed by atoms with van der Waals surface area (Å²) in [6.45, 7) is 0.940. The predicted molar refractivity (Wildman–Crippen MR) is 73.3 cm³/mol. The van der Waals surface area contributed by atoms with Crippen molar-refractivity contribution in [2.24, 2.45) is 0 Å². The number of aliphatic hydroxyl groups is 1. The van der Waals surface area contributed by atoms with E-state index in [2.05, 4.69) is 35.8 Å². The molecule has 0 atom stereocenters. The summed E-state index contributed by atoms with van der Waals surface area (Å²) in [5, 5.41) is 13.0. The Hall–Kier alpha value is -0.510. The second-order valence-electron chi connectivity index (χ2n) is 4.73. The maximum absolute atomic E-state index is 9.44. The molecule has 0 aromatic heterocycles. The van der Waals surface area contributed by atoms with Crippen molar-refractivity contribution in [3.8, 4) is 0 Å². The zero-order chi connectivity index (χ0) is 12.1. The fraction of sp³-hybridized carbons (Fsp3) is 0.571. The summed E-state index contributed by atoms with van der Waals surface area (Å²) >= 11 is 1.78. The number of rotatable bonds is 4. The van der Waals surface area contributed by atoms with Crippen LogP contribution in [0.3, 0.4) is 0 Å². The van der Waals surface area contributed by atoms with Crippen molar-refractivity contribution < 1.29 is 5.11 Å². The van der Waals surface area contributed by atoms with Crippen molar-refractivity contribution in [2.75, 3.05) is 6.26 Å². The van der Waals surface area contributed by atoms with Crippen LogP contribution in [0.15, 0.2) is 29.2 Å². The van der Waals surface area contributed by atoms with Gasteiger partial charge in [-0.3, -0.25) is 0 Å². The molecule has 1 fully saturated rings. The van der Waals surface area contributed by atoms with Crippen LogP contribution in [0.2, 0.25) is 0 Å². The Bertz CT molecular complexity index is 331. The second-order valence-corrected chi connectivity index (χ2v) is 5.61. The van der Waals surface area contributed by atoms with E-state index < -0.39 is 0 Å². The van der Waals surface area contributed by atoms with Gasteiger partial charge in [-0.1, -0.05) is 12.1 Å². The molecule has 1 aliphatic carbocycles. The first-order valence-corrected chi connectivity index (χ1v) is 7.55. The first kappa shape index (κ1) is 12.9. The van der Waals surface area contributed by atoms with Crippen molar-refractivity contribution in [3.63, 3.8) is 0 Å². The summed E-state index contributed by atoms with van der Waals surface area (Å²) in [6.07, 6.45) is 6.13. The molecule has 1 aromatic rings. The third-order valence-electron chi connectivity index (χ3n) is 3.45. The van der Waals surface area contributed by atoms with Gasteiger partial charge in [0.05, 0.1) is 6.10 Å². The molecule has 1 aromatic carbocycles. The van der Waals surface area contributed by atoms with E-state index in [0.717, 1.165) is 32.2 Å². The minimum absolute atomic E-state index is 0.0612. The molecule has 0 saturated heterocycles. The molecule has 1 saturated carbocycles. The maximum atomic E-state index is 9.44. The lowest BCUT2D eigenvalue weighted by Gasteiger charge is -2.26. The highest BCUT2D eigenvalue weighted by atomic mass is 32.2. The van der Waals surface area contributed by atoms with Crippen LogP contribution in [0.25, 0.3) is 0 Å². The van der Waals surface area contributed by atoms with E-state index in [0.29, 0.717) is 6.04 Å². The van der Waals surface area contributed by atoms with Gasteiger partial charge in [0, 0.05) is 17.5 Å². The van der Waals surface area contributed by atoms with E-state index in [1.807, 2.05) is 0 Å². The molecule has 0 heterocycles. The van der Waals surface area contributed by atoms with Gasteiger partial charge in [0.2, 0.25) is 0 Å². The van der Waals surface area contributed by atoms with Gasteiger partial charge in [-0.25, -0.2) is 0 Å². The second kappa shape index (κ2) is 6.43. The highest BCUT2D eigenvalue weighted by molar-refractivity contribution is 7.98. The summed E-state index contributed by atoms with van der Waals surface area (Å²) in [7, 11) is 0. The molecule has 17 heavy (non-hydrogen) atoms. The minimum Gasteiger partial charge on any atom is -0.393 e. The van der Waals surface area contributed by atoms with Gasteiger partial charge in [-0.15, -0.1) is 11.8 Å². The standard InChI is InChI=1S/C14H21NOS/c1-17-14-8-2-11(3-9-14)10-15-12-4-6-13(16)7-5-12/h2-3,8-9,12-13,15-16H,4-7,10H2,1H3. The zero-order valence-electron chi connectivity index (χ0n) is 10.4. The quantitative estimate of drug-likeness (QED) is 0.807. The van der Waals surface area contributed by atoms with Crippen LogP contribution >= 0.6 is 11.8 Å². The van der Waals surface area contributed by atoms with E-state index >= 15 is 0 Å². The van der Waals surface area contributed by atoms with Gasteiger partial charge < -0.3 is 10.4 Å². The molecule has 0 spiro atoms. The lowest BCUT2D eigenvalue weighted by atomic mass is 9.93. The third-order valence-corrected chi connectivity index (χ3v) is 4.19. The van der Waals surface area contributed by atoms with Crippen molar-refractivity contribution in [1.29, 1.82) is 0 Å². The number of thioether (sulfide) groups is 1. The van der Waals surface area contributed by atoms with E-state index in [4.69, 9.17) is 0 Å². The van der Waals surface area contributed by atoms with Crippen LogP contribution in [-0.2, 0) is 6.54 Å². The van der Waals surface area contributed by atoms with Crippen molar-refractivity contribution in [1.82, 2.24) is 5.32 Å². The Kier molecular flexibility index (Phi) is 4.89. The highest BCUT2D eigenvalue weighted by Gasteiger charge is 2.18. The smallest absolute Gasteiger partial charge is 0.0541 e. The fourth-order valence-corrected chi connectivity index (χ4v) is 2.69. The summed E-state index contributed by atoms with van der Waals surface area (Å²) in [5.74, 6) is 0. The van der Waals surface area contributed by atoms with Crippen LogP contribution in [0.1, 0.15) is 31.2 Å². The highest BCUT2D eigenvalue weighted by Crippen LogP contribution is 2.19. The number of aliphatic hydroxyl groups excluding tert-OH is 1. The largest absolute Gasteiger partial charge is 0.393 e. The molecule has 0 aliphatic heterocycles. The third kappa shape index (κ3) is 4.02. The minimum atomic E-state index is -0.0612. The zero-order valence-corrected chi connectivity index (χ0v) is 11.2. The first-order chi connectivity index (χ1) is 8.28. The Labute approximate surface area is 108 Å². The van der Waals surface area contributed by atoms with Gasteiger partial charge >= 0.3 is 0 Å². The molecule has 94 valence electrons. The summed E-state index contributed by atoms with van der Waals surface area (Å²) < 4.78 is 0. The molecule has 0 amide bonds. The number of hydrogen-bond acceptors (Lipinski definition) is 3. The lowest BCUT2D eigenvalue weighted by Crippen LogP contribution is -2.34. The Morgan fingerprint density at radius 1 is 1.18 bits per heavy atom. The van der Waals surface area contributed by atoms with Crippen molar-refractivity contribution >= 4 is 11.8 Å². The van der Waals surface area contributed by atoms with E-state index in [1.165, 1.54) is 10.5 Å². The topological polar surface area (TPSA) is 32.3 Å². The monoisotopic (exact) mass is 251 g/mol. The van der Waals surface area contributed by atoms with Gasteiger partial charge in [-0.05, 0) is 49.6 Å². The molecule has 2 nitrogen and oxygen atoms in total. The molecule has 0 bridgehead atoms. The number of benzene rings is 1. The Balaban J connectivity index is 1.77. The van der Waals surface area contributed by atoms with Gasteiger partial charge in [0.25, 0.3) is 0 Å². The summed E-state index contributed by atoms with van der Waals surface area (Å²) in [4.78, 5) is 1.31. The average molecular weight is 251 g/mol. The molecule has 2 N–H and O–H groups in total. The van der Waals surface area contributed by atoms with Crippen LogP contribution in [0, 0.1) is 0 Å². The van der Waals surface area contributed by atoms with Gasteiger partial charge in [0.15, 0.2) is 0 Å². The molecule has 0 radical (unpaired) electrons. The van der Waals surface area contributed by atoms with Crippen LogP contribution in [0.4, 0.5) is 0 Å². The average Bonchev–Trinajstić information content (AvgIpc) is 2.39. The number of nitrogens with one attached hydrogen (secondary N) is 1. The Morgan fingerprint density at radius 3 is 2.41 bits per heavy atom. The maximum Gasteiger partial charge on any atom is 0.0541 e. The van der Waals surface area contributed by atoms with E-state index in [9.17, 15) is 5.11 Å². The van der Waals surface area contributed by atoms with Gasteiger partial charge in [-0.2, -0.15) is 0 Å². The molecule has 2 rings (SSSR count). The molecule has 1 aliphatic rings.